The summed E-state index contributed by atoms with van der Waals surface area (Å²) in [6, 6.07) is 0. The molecule has 0 aromatic rings. The Labute approximate surface area is 416 Å². The third-order valence-electron chi connectivity index (χ3n) is 13.9. The summed E-state index contributed by atoms with van der Waals surface area (Å²) >= 11 is 0. The Hall–Kier alpha value is -1.24. The number of ether oxygens (including phenoxy) is 14. The molecule has 7 saturated heterocycles. The second-order valence-corrected chi connectivity index (χ2v) is 18.9. The van der Waals surface area contributed by atoms with Crippen LogP contribution in [0.15, 0.2) is 0 Å². The molecule has 31 heteroatoms. The largest absolute Gasteiger partial charge is 0.394 e. The number of rotatable bonds is 19. The second kappa shape index (κ2) is 26.6. The topological polar surface area (TPSA) is 473 Å². The van der Waals surface area contributed by atoms with E-state index < -0.39 is 230 Å². The fourth-order valence-electron chi connectivity index (χ4n) is 9.89. The van der Waals surface area contributed by atoms with Crippen molar-refractivity contribution in [3.05, 3.63) is 0 Å². The highest BCUT2D eigenvalue weighted by Crippen LogP contribution is 2.36. The molecule has 7 fully saturated rings. The zero-order chi connectivity index (χ0) is 53.0. The Bertz CT molecular complexity index is 1640. The monoisotopic (exact) mass is 1070 g/mol. The summed E-state index contributed by atoms with van der Waals surface area (Å²) in [7, 11) is 1.19. The summed E-state index contributed by atoms with van der Waals surface area (Å²) in [5.74, 6) is 0. The Balaban J connectivity index is 0.891. The minimum Gasteiger partial charge on any atom is -0.394 e. The predicted octanol–water partition coefficient (Wildman–Crippen LogP) is -10.9. The second-order valence-electron chi connectivity index (χ2n) is 18.9. The van der Waals surface area contributed by atoms with Gasteiger partial charge in [-0.1, -0.05) is 0 Å². The third-order valence-corrected chi connectivity index (χ3v) is 13.9. The molecule has 30 atom stereocenters. The zero-order valence-electron chi connectivity index (χ0n) is 39.4. The molecule has 7 rings (SSSR count). The normalized spacial score (nSPS) is 51.2. The van der Waals surface area contributed by atoms with Crippen LogP contribution in [0.4, 0.5) is 0 Å². The predicted molar refractivity (Wildman–Crippen MR) is 225 cm³/mol. The molecule has 7 aliphatic heterocycles. The Morgan fingerprint density at radius 3 is 1.23 bits per heavy atom. The van der Waals surface area contributed by atoms with Crippen molar-refractivity contribution in [2.75, 3.05) is 53.4 Å². The molecule has 0 aliphatic carbocycles. The summed E-state index contributed by atoms with van der Waals surface area (Å²) in [5.41, 5.74) is 0. The Kier molecular flexibility index (Phi) is 21.7. The van der Waals surface area contributed by atoms with Gasteiger partial charge in [-0.2, -0.15) is 0 Å². The van der Waals surface area contributed by atoms with Gasteiger partial charge in [0.05, 0.1) is 70.7 Å². The van der Waals surface area contributed by atoms with Crippen LogP contribution in [0.2, 0.25) is 0 Å². The fraction of sp³-hybridized carbons (Fsp3) is 1.00. The molecule has 0 bridgehead atoms. The van der Waals surface area contributed by atoms with Gasteiger partial charge in [-0.25, -0.2) is 0 Å². The van der Waals surface area contributed by atoms with Crippen LogP contribution in [-0.2, 0) is 66.3 Å². The van der Waals surface area contributed by atoms with Gasteiger partial charge in [0.15, 0.2) is 44.0 Å². The van der Waals surface area contributed by atoms with Gasteiger partial charge >= 0.3 is 0 Å². The molecule has 0 aromatic carbocycles. The Morgan fingerprint density at radius 2 is 0.740 bits per heavy atom. The molecule has 0 amide bonds. The van der Waals surface area contributed by atoms with Crippen molar-refractivity contribution in [3.8, 4) is 0 Å². The summed E-state index contributed by atoms with van der Waals surface area (Å²) < 4.78 is 79.2. The summed E-state index contributed by atoms with van der Waals surface area (Å²) in [5, 5.41) is 180. The lowest BCUT2D eigenvalue weighted by molar-refractivity contribution is -0.380. The summed E-state index contributed by atoms with van der Waals surface area (Å²) in [6.45, 7) is -4.88. The molecule has 0 unspecified atom stereocenters. The van der Waals surface area contributed by atoms with Crippen molar-refractivity contribution in [1.82, 2.24) is 0 Å². The van der Waals surface area contributed by atoms with Gasteiger partial charge in [-0.05, 0) is 0 Å². The van der Waals surface area contributed by atoms with Gasteiger partial charge in [0.1, 0.15) is 116 Å². The molecular weight excluding hydrogens is 1000 g/mol. The van der Waals surface area contributed by atoms with Gasteiger partial charge in [-0.15, -0.1) is 0 Å². The molecule has 7 heterocycles. The first-order valence-corrected chi connectivity index (χ1v) is 24.0. The van der Waals surface area contributed by atoms with Crippen LogP contribution in [0, 0.1) is 0 Å². The molecule has 0 aromatic heterocycles. The summed E-state index contributed by atoms with van der Waals surface area (Å²) in [6.07, 6.45) is -46.1. The maximum atomic E-state index is 11.2. The zero-order valence-corrected chi connectivity index (χ0v) is 39.4. The van der Waals surface area contributed by atoms with Gasteiger partial charge in [0.2, 0.25) is 0 Å². The van der Waals surface area contributed by atoms with Crippen molar-refractivity contribution < 1.29 is 153 Å². The van der Waals surface area contributed by atoms with Crippen LogP contribution < -0.4 is 0 Å². The van der Waals surface area contributed by atoms with Gasteiger partial charge < -0.3 is 153 Å². The SMILES string of the molecule is CO[C@H]1O[C@H](CO)[C@@H](O[C@H]2O[C@H](CO)[C@@H](O[C@H]3OC[C@@H](O[C@@H]4C[C@@H](O)[C@H](O[C@H]5O[C@H](CO)[C@@H](O[C@@H]6C[C@@H](O)[C@H](O[C@@H]7C[C@@H](O)C[C@@H](CO)O7)[C@@H](CO)O6)[C@H](O)[C@H]5O)[C@@H](CO)O4)[C@H](O)[C@H]3O)[C@H](O)[C@H]2O)[C@H](O)[C@H]1O. The minimum atomic E-state index is -1.97. The number of hydrogen-bond acceptors (Lipinski definition) is 31. The molecule has 73 heavy (non-hydrogen) atoms. The molecule has 17 N–H and O–H groups in total. The van der Waals surface area contributed by atoms with E-state index in [1.165, 1.54) is 7.11 Å². The average Bonchev–Trinajstić information content (AvgIpc) is 3.37. The van der Waals surface area contributed by atoms with Crippen LogP contribution >= 0.6 is 0 Å². The number of methoxy groups -OCH3 is 1. The fourth-order valence-corrected chi connectivity index (χ4v) is 9.89. The smallest absolute Gasteiger partial charge is 0.187 e. The molecular formula is C42H72O31. The lowest BCUT2D eigenvalue weighted by Crippen LogP contribution is -2.66. The number of aliphatic hydroxyl groups excluding tert-OH is 17. The van der Waals surface area contributed by atoms with Crippen LogP contribution in [0.3, 0.4) is 0 Å². The highest BCUT2D eigenvalue weighted by molar-refractivity contribution is 4.98. The molecule has 0 spiro atoms. The molecule has 31 nitrogen and oxygen atoms in total. The van der Waals surface area contributed by atoms with Crippen molar-refractivity contribution in [2.45, 2.75) is 210 Å². The van der Waals surface area contributed by atoms with E-state index >= 15 is 0 Å². The van der Waals surface area contributed by atoms with E-state index in [1.54, 1.807) is 0 Å². The first kappa shape index (κ1) is 59.4. The van der Waals surface area contributed by atoms with Crippen molar-refractivity contribution >= 4 is 0 Å². The van der Waals surface area contributed by atoms with Crippen LogP contribution in [0.5, 0.6) is 0 Å². The molecule has 0 saturated carbocycles. The number of aliphatic hydroxyl groups is 17. The van der Waals surface area contributed by atoms with Crippen LogP contribution in [0.1, 0.15) is 25.7 Å². The van der Waals surface area contributed by atoms with E-state index in [0.29, 0.717) is 0 Å². The maximum Gasteiger partial charge on any atom is 0.187 e. The standard InChI is InChI=1S/C42H72O31/c1-60-39-31(57)27(53)38(20(10-47)66-39)73-42-33(59)29(55)37(21(11-48)68-42)72-40-30(56)26(52)22(12-61-40)65-24-4-16(51)35(18(8-45)63-24)71-41-32(58)28(54)36(19(9-46)67-41)70-25-5-15(50)34(17(7-44)64-25)69-23-3-13(49)2-14(6-43)62-23/h13-59H,2-12H2,1H3/t13-,14-,15+,16+,17+,18+,19+,20+,21+,22+,23+,24+,25+,26-,27+,28+,29+,30+,31+,32+,33+,34-,35-,36+,37+,38+,39-,40+,41+,42+/m0/s1. The van der Waals surface area contributed by atoms with Crippen molar-refractivity contribution in [2.24, 2.45) is 0 Å². The first-order chi connectivity index (χ1) is 34.9. The quantitative estimate of drug-likeness (QED) is 0.0571. The lowest BCUT2D eigenvalue weighted by atomic mass is 9.96. The van der Waals surface area contributed by atoms with E-state index in [2.05, 4.69) is 0 Å². The highest BCUT2D eigenvalue weighted by Gasteiger charge is 2.55. The first-order valence-electron chi connectivity index (χ1n) is 24.0. The van der Waals surface area contributed by atoms with Crippen LogP contribution in [0.25, 0.3) is 0 Å². The van der Waals surface area contributed by atoms with Gasteiger partial charge in [0, 0.05) is 32.8 Å². The van der Waals surface area contributed by atoms with Crippen LogP contribution in [-0.4, -0.2) is 325 Å². The van der Waals surface area contributed by atoms with E-state index in [1.807, 2.05) is 0 Å². The van der Waals surface area contributed by atoms with E-state index in [4.69, 9.17) is 66.3 Å². The van der Waals surface area contributed by atoms with E-state index in [0.717, 1.165) is 0 Å². The third kappa shape index (κ3) is 13.4. The summed E-state index contributed by atoms with van der Waals surface area (Å²) in [4.78, 5) is 0. The molecule has 426 valence electrons. The van der Waals surface area contributed by atoms with Gasteiger partial charge in [0.25, 0.3) is 0 Å². The lowest BCUT2D eigenvalue weighted by Gasteiger charge is -2.48. The Morgan fingerprint density at radius 1 is 0.356 bits per heavy atom. The number of hydrogen-bond donors (Lipinski definition) is 17. The average molecular weight is 1070 g/mol. The highest BCUT2D eigenvalue weighted by atomic mass is 16.8. The molecule has 7 aliphatic rings. The minimum absolute atomic E-state index is 0.0171. The van der Waals surface area contributed by atoms with Crippen molar-refractivity contribution in [1.29, 1.82) is 0 Å². The van der Waals surface area contributed by atoms with E-state index in [9.17, 15) is 86.8 Å². The van der Waals surface area contributed by atoms with Gasteiger partial charge in [-0.3, -0.25) is 0 Å². The molecule has 0 radical (unpaired) electrons. The van der Waals surface area contributed by atoms with E-state index in [-0.39, 0.29) is 25.9 Å². The maximum absolute atomic E-state index is 11.2. The van der Waals surface area contributed by atoms with Crippen molar-refractivity contribution in [3.63, 3.8) is 0 Å².